The zero-order valence-corrected chi connectivity index (χ0v) is 14.9. The summed E-state index contributed by atoms with van der Waals surface area (Å²) in [4.78, 5) is 23.6. The summed E-state index contributed by atoms with van der Waals surface area (Å²) < 4.78 is 0. The van der Waals surface area contributed by atoms with Crippen molar-refractivity contribution in [3.8, 4) is 0 Å². The molecule has 0 heterocycles. The SMILES string of the molecule is CC(=O)C(C/C=C/c1ccccc1Cl)(CCC(=O)O)c1ccccc1. The van der Waals surface area contributed by atoms with Crippen molar-refractivity contribution in [2.75, 3.05) is 0 Å². The topological polar surface area (TPSA) is 54.4 Å². The molecule has 0 saturated heterocycles. The molecule has 0 aliphatic carbocycles. The summed E-state index contributed by atoms with van der Waals surface area (Å²) >= 11 is 6.16. The minimum absolute atomic E-state index is 0.0382. The Morgan fingerprint density at radius 1 is 1.08 bits per heavy atom. The smallest absolute Gasteiger partial charge is 0.303 e. The van der Waals surface area contributed by atoms with Crippen molar-refractivity contribution in [2.45, 2.75) is 31.6 Å². The predicted octanol–water partition coefficient (Wildman–Crippen LogP) is 5.14. The Bertz CT molecular complexity index is 768. The lowest BCUT2D eigenvalue weighted by Crippen LogP contribution is -2.34. The van der Waals surface area contributed by atoms with E-state index in [-0.39, 0.29) is 18.6 Å². The summed E-state index contributed by atoms with van der Waals surface area (Å²) in [5.41, 5.74) is 0.859. The first-order valence-electron chi connectivity index (χ1n) is 8.15. The van der Waals surface area contributed by atoms with E-state index in [9.17, 15) is 9.59 Å². The fraction of sp³-hybridized carbons (Fsp3) is 0.238. The van der Waals surface area contributed by atoms with Crippen LogP contribution in [-0.2, 0) is 15.0 Å². The van der Waals surface area contributed by atoms with E-state index < -0.39 is 11.4 Å². The van der Waals surface area contributed by atoms with Gasteiger partial charge in [-0.3, -0.25) is 9.59 Å². The molecule has 1 unspecified atom stereocenters. The lowest BCUT2D eigenvalue weighted by atomic mass is 9.71. The molecule has 0 saturated carbocycles. The van der Waals surface area contributed by atoms with Crippen LogP contribution in [0.15, 0.2) is 60.7 Å². The summed E-state index contributed by atoms with van der Waals surface area (Å²) in [5.74, 6) is -0.944. The number of halogens is 1. The number of aliphatic carboxylic acids is 1. The van der Waals surface area contributed by atoms with Gasteiger partial charge in [-0.1, -0.05) is 72.3 Å². The maximum Gasteiger partial charge on any atom is 0.303 e. The van der Waals surface area contributed by atoms with Crippen molar-refractivity contribution < 1.29 is 14.7 Å². The molecule has 0 radical (unpaired) electrons. The van der Waals surface area contributed by atoms with Crippen molar-refractivity contribution in [1.29, 1.82) is 0 Å². The molecule has 0 fully saturated rings. The number of hydrogen-bond acceptors (Lipinski definition) is 2. The van der Waals surface area contributed by atoms with Crippen molar-refractivity contribution >= 4 is 29.4 Å². The molecule has 4 heteroatoms. The Hall–Kier alpha value is -2.39. The van der Waals surface area contributed by atoms with Crippen LogP contribution in [0, 0.1) is 0 Å². The van der Waals surface area contributed by atoms with E-state index in [1.165, 1.54) is 6.92 Å². The fourth-order valence-electron chi connectivity index (χ4n) is 2.96. The van der Waals surface area contributed by atoms with Crippen LogP contribution >= 0.6 is 11.6 Å². The third-order valence-corrected chi connectivity index (χ3v) is 4.78. The van der Waals surface area contributed by atoms with Gasteiger partial charge in [0.1, 0.15) is 5.78 Å². The van der Waals surface area contributed by atoms with Gasteiger partial charge in [-0.15, -0.1) is 0 Å². The quantitative estimate of drug-likeness (QED) is 0.712. The molecule has 0 bridgehead atoms. The minimum Gasteiger partial charge on any atom is -0.481 e. The molecule has 25 heavy (non-hydrogen) atoms. The molecule has 0 aliphatic rings. The van der Waals surface area contributed by atoms with Crippen LogP contribution in [-0.4, -0.2) is 16.9 Å². The van der Waals surface area contributed by atoms with E-state index in [0.29, 0.717) is 11.4 Å². The van der Waals surface area contributed by atoms with Gasteiger partial charge in [0.25, 0.3) is 0 Å². The highest BCUT2D eigenvalue weighted by molar-refractivity contribution is 6.32. The predicted molar refractivity (Wildman–Crippen MR) is 101 cm³/mol. The highest BCUT2D eigenvalue weighted by atomic mass is 35.5. The van der Waals surface area contributed by atoms with Crippen molar-refractivity contribution in [2.24, 2.45) is 0 Å². The van der Waals surface area contributed by atoms with Crippen molar-refractivity contribution in [1.82, 2.24) is 0 Å². The summed E-state index contributed by atoms with van der Waals surface area (Å²) in [6, 6.07) is 16.8. The molecule has 130 valence electrons. The molecule has 1 N–H and O–H groups in total. The van der Waals surface area contributed by atoms with Gasteiger partial charge in [0.2, 0.25) is 0 Å². The van der Waals surface area contributed by atoms with Gasteiger partial charge < -0.3 is 5.11 Å². The Labute approximate surface area is 153 Å². The summed E-state index contributed by atoms with van der Waals surface area (Å²) in [7, 11) is 0. The lowest BCUT2D eigenvalue weighted by molar-refractivity contribution is -0.137. The first kappa shape index (κ1) is 18.9. The highest BCUT2D eigenvalue weighted by Crippen LogP contribution is 2.35. The number of carboxylic acids is 1. The van der Waals surface area contributed by atoms with Crippen LogP contribution in [0.1, 0.15) is 37.3 Å². The number of carbonyl (C=O) groups is 2. The lowest BCUT2D eigenvalue weighted by Gasteiger charge is -2.30. The molecule has 2 aromatic carbocycles. The standard InChI is InChI=1S/C21H21ClO3/c1-16(23)21(15-13-20(24)25,18-10-3-2-4-11-18)14-7-9-17-8-5-6-12-19(17)22/h2-12H,13-15H2,1H3,(H,24,25)/b9-7+. The average Bonchev–Trinajstić information content (AvgIpc) is 2.60. The normalized spacial score (nSPS) is 13.5. The third-order valence-electron chi connectivity index (χ3n) is 4.43. The first-order chi connectivity index (χ1) is 12.0. The highest BCUT2D eigenvalue weighted by Gasteiger charge is 2.36. The monoisotopic (exact) mass is 356 g/mol. The number of benzene rings is 2. The van der Waals surface area contributed by atoms with Gasteiger partial charge in [0.15, 0.2) is 0 Å². The first-order valence-corrected chi connectivity index (χ1v) is 8.53. The van der Waals surface area contributed by atoms with Gasteiger partial charge in [-0.05, 0) is 37.0 Å². The molecule has 2 aromatic rings. The fourth-order valence-corrected chi connectivity index (χ4v) is 3.16. The number of carbonyl (C=O) groups excluding carboxylic acids is 1. The summed E-state index contributed by atoms with van der Waals surface area (Å²) in [6.45, 7) is 1.53. The van der Waals surface area contributed by atoms with Gasteiger partial charge in [0, 0.05) is 11.4 Å². The number of carboxylic acid groups (broad SMARTS) is 1. The van der Waals surface area contributed by atoms with Crippen LogP contribution < -0.4 is 0 Å². The van der Waals surface area contributed by atoms with Gasteiger partial charge in [-0.2, -0.15) is 0 Å². The summed E-state index contributed by atoms with van der Waals surface area (Å²) in [5, 5.41) is 9.74. The molecular formula is C21H21ClO3. The Balaban J connectivity index is 2.35. The van der Waals surface area contributed by atoms with Gasteiger partial charge >= 0.3 is 5.97 Å². The number of ketones is 1. The van der Waals surface area contributed by atoms with Crippen LogP contribution in [0.5, 0.6) is 0 Å². The van der Waals surface area contributed by atoms with Crippen molar-refractivity contribution in [3.63, 3.8) is 0 Å². The van der Waals surface area contributed by atoms with Crippen molar-refractivity contribution in [3.05, 3.63) is 76.8 Å². The van der Waals surface area contributed by atoms with E-state index in [2.05, 4.69) is 0 Å². The molecule has 0 amide bonds. The van der Waals surface area contributed by atoms with Crippen LogP contribution in [0.3, 0.4) is 0 Å². The van der Waals surface area contributed by atoms with E-state index >= 15 is 0 Å². The van der Waals surface area contributed by atoms with E-state index in [4.69, 9.17) is 16.7 Å². The molecule has 0 spiro atoms. The van der Waals surface area contributed by atoms with Gasteiger partial charge in [-0.25, -0.2) is 0 Å². The maximum absolute atomic E-state index is 12.5. The minimum atomic E-state index is -0.906. The van der Waals surface area contributed by atoms with Gasteiger partial charge in [0.05, 0.1) is 5.41 Å². The molecule has 2 rings (SSSR count). The molecule has 0 aliphatic heterocycles. The maximum atomic E-state index is 12.5. The molecule has 1 atom stereocenters. The van der Waals surface area contributed by atoms with E-state index in [1.54, 1.807) is 6.07 Å². The summed E-state index contributed by atoms with van der Waals surface area (Å²) in [6.07, 6.45) is 4.40. The second-order valence-corrected chi connectivity index (χ2v) is 6.43. The number of Topliss-reactive ketones (excluding diaryl/α,β-unsaturated/α-hetero) is 1. The Morgan fingerprint density at radius 2 is 1.72 bits per heavy atom. The second-order valence-electron chi connectivity index (χ2n) is 6.03. The molecule has 0 aromatic heterocycles. The second kappa shape index (κ2) is 8.63. The molecule has 3 nitrogen and oxygen atoms in total. The Morgan fingerprint density at radius 3 is 2.32 bits per heavy atom. The number of hydrogen-bond donors (Lipinski definition) is 1. The third kappa shape index (κ3) is 4.80. The average molecular weight is 357 g/mol. The van der Waals surface area contributed by atoms with Crippen LogP contribution in [0.2, 0.25) is 5.02 Å². The van der Waals surface area contributed by atoms with Crippen LogP contribution in [0.4, 0.5) is 0 Å². The molecular weight excluding hydrogens is 336 g/mol. The zero-order valence-electron chi connectivity index (χ0n) is 14.1. The largest absolute Gasteiger partial charge is 0.481 e. The number of rotatable bonds is 8. The van der Waals surface area contributed by atoms with Crippen LogP contribution in [0.25, 0.3) is 6.08 Å². The zero-order chi connectivity index (χ0) is 18.3. The van der Waals surface area contributed by atoms with E-state index in [0.717, 1.165) is 11.1 Å². The number of allylic oxidation sites excluding steroid dienone is 1. The Kier molecular flexibility index (Phi) is 6.54. The van der Waals surface area contributed by atoms with E-state index in [1.807, 2.05) is 60.7 Å².